The maximum absolute atomic E-state index is 13.3. The first-order valence-electron chi connectivity index (χ1n) is 4.74. The van der Waals surface area contributed by atoms with Crippen molar-refractivity contribution in [3.8, 4) is 0 Å². The van der Waals surface area contributed by atoms with Gasteiger partial charge in [-0.3, -0.25) is 4.79 Å². The van der Waals surface area contributed by atoms with Gasteiger partial charge in [0, 0.05) is 18.0 Å². The molecule has 0 saturated heterocycles. The molecule has 2 rings (SSSR count). The lowest BCUT2D eigenvalue weighted by atomic mass is 10.0. The number of aliphatic hydroxyl groups excluding tert-OH is 1. The van der Waals surface area contributed by atoms with Crippen LogP contribution in [0, 0.1) is 11.6 Å². The van der Waals surface area contributed by atoms with Gasteiger partial charge in [0.15, 0.2) is 6.29 Å². The SMILES string of the molecule is O=Cc1c(F)cc(C2=CNC(O)N=C2)cc1F. The number of carbonyl (C=O) groups is 1. The number of rotatable bonds is 2. The minimum atomic E-state index is -1.05. The molecule has 0 aromatic heterocycles. The van der Waals surface area contributed by atoms with Crippen molar-refractivity contribution in [1.29, 1.82) is 0 Å². The van der Waals surface area contributed by atoms with E-state index in [1.807, 2.05) is 0 Å². The van der Waals surface area contributed by atoms with Crippen LogP contribution in [-0.2, 0) is 0 Å². The predicted octanol–water partition coefficient (Wildman–Crippen LogP) is 1.07. The summed E-state index contributed by atoms with van der Waals surface area (Å²) in [5.74, 6) is -1.87. The third kappa shape index (κ3) is 2.21. The van der Waals surface area contributed by atoms with Gasteiger partial charge in [-0.2, -0.15) is 0 Å². The molecule has 1 aromatic carbocycles. The van der Waals surface area contributed by atoms with Crippen molar-refractivity contribution in [2.75, 3.05) is 0 Å². The molecule has 4 nitrogen and oxygen atoms in total. The molecule has 0 radical (unpaired) electrons. The minimum absolute atomic E-state index is 0.125. The van der Waals surface area contributed by atoms with E-state index in [0.717, 1.165) is 12.1 Å². The topological polar surface area (TPSA) is 61.7 Å². The van der Waals surface area contributed by atoms with Gasteiger partial charge in [-0.25, -0.2) is 13.8 Å². The van der Waals surface area contributed by atoms with E-state index in [-0.39, 0.29) is 11.8 Å². The van der Waals surface area contributed by atoms with E-state index in [0.29, 0.717) is 5.57 Å². The Morgan fingerprint density at radius 1 is 1.35 bits per heavy atom. The molecule has 1 atom stereocenters. The molecule has 0 saturated carbocycles. The Bertz CT molecular complexity index is 503. The molecule has 1 unspecified atom stereocenters. The smallest absolute Gasteiger partial charge is 0.222 e. The summed E-state index contributed by atoms with van der Waals surface area (Å²) in [5.41, 5.74) is 0.0365. The van der Waals surface area contributed by atoms with Crippen LogP contribution >= 0.6 is 0 Å². The molecule has 0 amide bonds. The van der Waals surface area contributed by atoms with E-state index >= 15 is 0 Å². The zero-order valence-corrected chi connectivity index (χ0v) is 8.52. The molecule has 1 heterocycles. The summed E-state index contributed by atoms with van der Waals surface area (Å²) in [6.45, 7) is 0. The first-order chi connectivity index (χ1) is 8.11. The molecule has 0 spiro atoms. The standard InChI is InChI=1S/C11H8F2N2O2/c12-9-1-6(2-10(13)8(9)5-16)7-3-14-11(17)15-4-7/h1-5,11,14,17H. The molecule has 1 aliphatic rings. The van der Waals surface area contributed by atoms with Gasteiger partial charge in [-0.1, -0.05) is 0 Å². The average molecular weight is 238 g/mol. The molecule has 2 N–H and O–H groups in total. The second-order valence-electron chi connectivity index (χ2n) is 3.39. The Labute approximate surface area is 95.3 Å². The van der Waals surface area contributed by atoms with E-state index in [1.165, 1.54) is 12.4 Å². The van der Waals surface area contributed by atoms with Crippen LogP contribution in [0.2, 0.25) is 0 Å². The van der Waals surface area contributed by atoms with Gasteiger partial charge < -0.3 is 10.4 Å². The Kier molecular flexibility index (Phi) is 2.97. The fraction of sp³-hybridized carbons (Fsp3) is 0.0909. The number of aliphatic imine (C=N–C) groups is 1. The van der Waals surface area contributed by atoms with E-state index < -0.39 is 23.5 Å². The summed E-state index contributed by atoms with van der Waals surface area (Å²) in [6.07, 6.45) is 1.74. The summed E-state index contributed by atoms with van der Waals surface area (Å²) in [4.78, 5) is 14.0. The molecule has 1 aromatic rings. The highest BCUT2D eigenvalue weighted by Gasteiger charge is 2.13. The number of halogens is 2. The van der Waals surface area contributed by atoms with Crippen molar-refractivity contribution in [2.45, 2.75) is 6.35 Å². The number of allylic oxidation sites excluding steroid dienone is 1. The number of nitrogens with one attached hydrogen (secondary N) is 1. The van der Waals surface area contributed by atoms with Crippen LogP contribution in [0.1, 0.15) is 15.9 Å². The number of hydrogen-bond donors (Lipinski definition) is 2. The first-order valence-corrected chi connectivity index (χ1v) is 4.74. The Morgan fingerprint density at radius 2 is 2.00 bits per heavy atom. The second-order valence-corrected chi connectivity index (χ2v) is 3.39. The minimum Gasteiger partial charge on any atom is -0.355 e. The van der Waals surface area contributed by atoms with Crippen molar-refractivity contribution in [2.24, 2.45) is 4.99 Å². The van der Waals surface area contributed by atoms with E-state index in [2.05, 4.69) is 10.3 Å². The summed E-state index contributed by atoms with van der Waals surface area (Å²) < 4.78 is 26.7. The fourth-order valence-electron chi connectivity index (χ4n) is 1.42. The van der Waals surface area contributed by atoms with Crippen molar-refractivity contribution in [1.82, 2.24) is 5.32 Å². The zero-order chi connectivity index (χ0) is 12.4. The van der Waals surface area contributed by atoms with Crippen LogP contribution in [0.3, 0.4) is 0 Å². The lowest BCUT2D eigenvalue weighted by molar-refractivity contribution is 0.111. The van der Waals surface area contributed by atoms with E-state index in [9.17, 15) is 13.6 Å². The number of hydrogen-bond acceptors (Lipinski definition) is 4. The van der Waals surface area contributed by atoms with Gasteiger partial charge in [0.1, 0.15) is 11.6 Å². The van der Waals surface area contributed by atoms with Crippen molar-refractivity contribution < 1.29 is 18.7 Å². The molecule has 0 fully saturated rings. The second kappa shape index (κ2) is 4.42. The van der Waals surface area contributed by atoms with Crippen LogP contribution < -0.4 is 5.32 Å². The van der Waals surface area contributed by atoms with Crippen LogP contribution in [0.25, 0.3) is 5.57 Å². The normalized spacial score (nSPS) is 18.5. The van der Waals surface area contributed by atoms with Crippen LogP contribution in [-0.4, -0.2) is 24.0 Å². The van der Waals surface area contributed by atoms with Gasteiger partial charge in [0.25, 0.3) is 0 Å². The zero-order valence-electron chi connectivity index (χ0n) is 8.52. The van der Waals surface area contributed by atoms with Crippen LogP contribution in [0.4, 0.5) is 8.78 Å². The third-order valence-electron chi connectivity index (χ3n) is 2.27. The van der Waals surface area contributed by atoms with Crippen molar-refractivity contribution >= 4 is 18.1 Å². The van der Waals surface area contributed by atoms with E-state index in [4.69, 9.17) is 5.11 Å². The monoisotopic (exact) mass is 238 g/mol. The van der Waals surface area contributed by atoms with Crippen LogP contribution in [0.5, 0.6) is 0 Å². The predicted molar refractivity (Wildman–Crippen MR) is 57.4 cm³/mol. The summed E-state index contributed by atoms with van der Waals surface area (Å²) in [7, 11) is 0. The Balaban J connectivity index is 2.42. The lowest BCUT2D eigenvalue weighted by Crippen LogP contribution is -2.24. The molecular weight excluding hydrogens is 230 g/mol. The van der Waals surface area contributed by atoms with Crippen molar-refractivity contribution in [3.05, 3.63) is 41.1 Å². The maximum atomic E-state index is 13.3. The molecule has 0 bridgehead atoms. The fourth-order valence-corrected chi connectivity index (χ4v) is 1.42. The van der Waals surface area contributed by atoms with Crippen molar-refractivity contribution in [3.63, 3.8) is 0 Å². The molecule has 17 heavy (non-hydrogen) atoms. The van der Waals surface area contributed by atoms with E-state index in [1.54, 1.807) is 0 Å². The van der Waals surface area contributed by atoms with Gasteiger partial charge in [-0.05, 0) is 17.7 Å². The molecule has 0 aliphatic carbocycles. The lowest BCUT2D eigenvalue weighted by Gasteiger charge is -2.13. The Morgan fingerprint density at radius 3 is 2.47 bits per heavy atom. The summed E-state index contributed by atoms with van der Waals surface area (Å²) in [6, 6.07) is 2.06. The Hall–Kier alpha value is -2.08. The molecule has 1 aliphatic heterocycles. The maximum Gasteiger partial charge on any atom is 0.222 e. The molecular formula is C11H8F2N2O2. The number of benzene rings is 1. The average Bonchev–Trinajstić information content (AvgIpc) is 2.29. The third-order valence-corrected chi connectivity index (χ3v) is 2.27. The highest BCUT2D eigenvalue weighted by atomic mass is 19.1. The first kappa shape index (κ1) is 11.4. The quantitative estimate of drug-likeness (QED) is 0.757. The van der Waals surface area contributed by atoms with Gasteiger partial charge in [0.2, 0.25) is 6.35 Å². The molecule has 6 heteroatoms. The van der Waals surface area contributed by atoms with Gasteiger partial charge >= 0.3 is 0 Å². The highest BCUT2D eigenvalue weighted by molar-refractivity contribution is 6.10. The summed E-state index contributed by atoms with van der Waals surface area (Å²) >= 11 is 0. The summed E-state index contributed by atoms with van der Waals surface area (Å²) in [5, 5.41) is 11.5. The molecule has 88 valence electrons. The van der Waals surface area contributed by atoms with Gasteiger partial charge in [-0.15, -0.1) is 0 Å². The number of nitrogens with zero attached hydrogens (tertiary/aromatic N) is 1. The number of aldehydes is 1. The number of carbonyl (C=O) groups excluding carboxylic acids is 1. The largest absolute Gasteiger partial charge is 0.355 e. The number of aliphatic hydroxyl groups is 1. The highest BCUT2D eigenvalue weighted by Crippen LogP contribution is 2.20. The van der Waals surface area contributed by atoms with Gasteiger partial charge in [0.05, 0.1) is 5.56 Å². The van der Waals surface area contributed by atoms with Crippen LogP contribution in [0.15, 0.2) is 23.3 Å².